The van der Waals surface area contributed by atoms with Gasteiger partial charge in [0.25, 0.3) is 0 Å². The summed E-state index contributed by atoms with van der Waals surface area (Å²) in [6.07, 6.45) is 5.38. The van der Waals surface area contributed by atoms with Crippen LogP contribution in [-0.4, -0.2) is 22.3 Å². The topological polar surface area (TPSA) is 50.2 Å². The molecule has 0 unspecified atom stereocenters. The molecule has 16 heavy (non-hydrogen) atoms. The van der Waals surface area contributed by atoms with Gasteiger partial charge in [-0.2, -0.15) is 11.8 Å². The summed E-state index contributed by atoms with van der Waals surface area (Å²) >= 11 is 3.46. The van der Waals surface area contributed by atoms with Crippen LogP contribution in [-0.2, 0) is 17.0 Å². The van der Waals surface area contributed by atoms with Crippen LogP contribution in [0.1, 0.15) is 40.8 Å². The molecule has 0 aliphatic heterocycles. The lowest BCUT2D eigenvalue weighted by Gasteiger charge is -1.97. The fourth-order valence-corrected chi connectivity index (χ4v) is 3.52. The average Bonchev–Trinajstić information content (AvgIpc) is 2.99. The summed E-state index contributed by atoms with van der Waals surface area (Å²) in [5, 5.41) is 9.86. The van der Waals surface area contributed by atoms with Crippen LogP contribution in [0, 0.1) is 0 Å². The molecule has 0 bridgehead atoms. The third-order valence-corrected chi connectivity index (χ3v) is 4.45. The molecule has 1 N–H and O–H groups in total. The predicted octanol–water partition coefficient (Wildman–Crippen LogP) is 2.90. The lowest BCUT2D eigenvalue weighted by atomic mass is 10.2. The van der Waals surface area contributed by atoms with Gasteiger partial charge in [0.05, 0.1) is 12.1 Å². The van der Waals surface area contributed by atoms with Gasteiger partial charge in [0.1, 0.15) is 5.01 Å². The first-order valence-corrected chi connectivity index (χ1v) is 7.61. The molecule has 88 valence electrons. The van der Waals surface area contributed by atoms with E-state index in [0.717, 1.165) is 10.8 Å². The second-order valence-electron chi connectivity index (χ2n) is 4.02. The number of aryl methyl sites for hydroxylation is 1. The number of thioether (sulfide) groups is 1. The van der Waals surface area contributed by atoms with Gasteiger partial charge < -0.3 is 5.11 Å². The number of hydrogen-bond acceptors (Lipinski definition) is 4. The summed E-state index contributed by atoms with van der Waals surface area (Å²) < 4.78 is 0. The quantitative estimate of drug-likeness (QED) is 0.851. The summed E-state index contributed by atoms with van der Waals surface area (Å²) in [5.41, 5.74) is 1.19. The maximum absolute atomic E-state index is 10.6. The van der Waals surface area contributed by atoms with Gasteiger partial charge in [0.15, 0.2) is 0 Å². The number of carbonyl (C=O) groups is 1. The van der Waals surface area contributed by atoms with Crippen molar-refractivity contribution in [2.75, 3.05) is 6.26 Å². The molecular formula is C11H15NO2S2. The van der Waals surface area contributed by atoms with Crippen LogP contribution in [0.4, 0.5) is 0 Å². The van der Waals surface area contributed by atoms with E-state index in [9.17, 15) is 4.79 Å². The van der Waals surface area contributed by atoms with E-state index in [4.69, 9.17) is 5.11 Å². The summed E-state index contributed by atoms with van der Waals surface area (Å²) in [4.78, 5) is 16.4. The van der Waals surface area contributed by atoms with Crippen molar-refractivity contribution in [3.63, 3.8) is 0 Å². The molecule has 1 aliphatic rings. The van der Waals surface area contributed by atoms with Gasteiger partial charge in [-0.15, -0.1) is 11.3 Å². The Morgan fingerprint density at radius 2 is 2.38 bits per heavy atom. The first-order valence-electron chi connectivity index (χ1n) is 5.40. The lowest BCUT2D eigenvalue weighted by Crippen LogP contribution is -1.98. The highest BCUT2D eigenvalue weighted by Gasteiger charge is 2.29. The van der Waals surface area contributed by atoms with Crippen molar-refractivity contribution in [1.29, 1.82) is 0 Å². The second-order valence-corrected chi connectivity index (χ2v) is 6.05. The normalized spacial score (nSPS) is 15.3. The number of thiazole rings is 1. The van der Waals surface area contributed by atoms with Gasteiger partial charge in [-0.1, -0.05) is 0 Å². The number of nitrogens with zero attached hydrogens (tertiary/aromatic N) is 1. The molecule has 5 heteroatoms. The Kier molecular flexibility index (Phi) is 3.86. The number of carboxylic acid groups (broad SMARTS) is 1. The molecule has 0 saturated heterocycles. The molecule has 0 atom stereocenters. The third-order valence-electron chi connectivity index (χ3n) is 2.57. The Labute approximate surface area is 103 Å². The van der Waals surface area contributed by atoms with E-state index in [0.29, 0.717) is 12.3 Å². The van der Waals surface area contributed by atoms with Crippen molar-refractivity contribution in [1.82, 2.24) is 4.98 Å². The van der Waals surface area contributed by atoms with E-state index in [1.54, 1.807) is 23.1 Å². The zero-order chi connectivity index (χ0) is 11.5. The molecule has 1 heterocycles. The molecule has 2 rings (SSSR count). The van der Waals surface area contributed by atoms with Crippen LogP contribution in [0.15, 0.2) is 0 Å². The maximum atomic E-state index is 10.6. The van der Waals surface area contributed by atoms with E-state index in [1.807, 2.05) is 0 Å². The average molecular weight is 257 g/mol. The molecular weight excluding hydrogens is 242 g/mol. The fraction of sp³-hybridized carbons (Fsp3) is 0.636. The van der Waals surface area contributed by atoms with Crippen LogP contribution in [0.3, 0.4) is 0 Å². The highest BCUT2D eigenvalue weighted by molar-refractivity contribution is 7.97. The van der Waals surface area contributed by atoms with Crippen molar-refractivity contribution in [2.45, 2.75) is 37.4 Å². The van der Waals surface area contributed by atoms with Crippen molar-refractivity contribution >= 4 is 29.1 Å². The summed E-state index contributed by atoms with van der Waals surface area (Å²) in [6, 6.07) is 0. The van der Waals surface area contributed by atoms with E-state index in [-0.39, 0.29) is 6.42 Å². The van der Waals surface area contributed by atoms with E-state index in [2.05, 4.69) is 11.2 Å². The van der Waals surface area contributed by atoms with Crippen LogP contribution in [0.2, 0.25) is 0 Å². The van der Waals surface area contributed by atoms with Crippen molar-refractivity contribution in [3.05, 3.63) is 15.6 Å². The highest BCUT2D eigenvalue weighted by atomic mass is 32.2. The minimum Gasteiger partial charge on any atom is -0.481 e. The highest BCUT2D eigenvalue weighted by Crippen LogP contribution is 2.43. The molecule has 3 nitrogen and oxygen atoms in total. The smallest absolute Gasteiger partial charge is 0.303 e. The Morgan fingerprint density at radius 1 is 1.62 bits per heavy atom. The van der Waals surface area contributed by atoms with Crippen LogP contribution in [0.25, 0.3) is 0 Å². The standard InChI is InChI=1S/C11H15NO2S2/c1-15-6-9-12-11(7-2-3-7)8(16-9)4-5-10(13)14/h7H,2-6H2,1H3,(H,13,14). The largest absolute Gasteiger partial charge is 0.481 e. The van der Waals surface area contributed by atoms with Gasteiger partial charge >= 0.3 is 5.97 Å². The second kappa shape index (κ2) is 5.19. The monoisotopic (exact) mass is 257 g/mol. The Hall–Kier alpha value is -0.550. The molecule has 1 aliphatic carbocycles. The molecule has 0 aromatic carbocycles. The third kappa shape index (κ3) is 2.98. The minimum absolute atomic E-state index is 0.223. The van der Waals surface area contributed by atoms with Crippen molar-refractivity contribution in [2.24, 2.45) is 0 Å². The zero-order valence-corrected chi connectivity index (χ0v) is 10.9. The van der Waals surface area contributed by atoms with E-state index in [1.165, 1.54) is 23.4 Å². The Balaban J connectivity index is 2.10. The van der Waals surface area contributed by atoms with Gasteiger partial charge in [0, 0.05) is 16.5 Å². The molecule has 0 amide bonds. The first-order chi connectivity index (χ1) is 7.70. The SMILES string of the molecule is CSCc1nc(C2CC2)c(CCC(=O)O)s1. The zero-order valence-electron chi connectivity index (χ0n) is 9.23. The Bertz CT molecular complexity index is 385. The Morgan fingerprint density at radius 3 is 2.94 bits per heavy atom. The molecule has 0 radical (unpaired) electrons. The van der Waals surface area contributed by atoms with Gasteiger partial charge in [-0.05, 0) is 25.5 Å². The number of hydrogen-bond donors (Lipinski definition) is 1. The van der Waals surface area contributed by atoms with Gasteiger partial charge in [-0.25, -0.2) is 4.98 Å². The molecule has 1 fully saturated rings. The predicted molar refractivity (Wildman–Crippen MR) is 67.3 cm³/mol. The van der Waals surface area contributed by atoms with Gasteiger partial charge in [0.2, 0.25) is 0 Å². The van der Waals surface area contributed by atoms with Crippen molar-refractivity contribution < 1.29 is 9.90 Å². The lowest BCUT2D eigenvalue weighted by molar-refractivity contribution is -0.136. The number of aromatic nitrogens is 1. The summed E-state index contributed by atoms with van der Waals surface area (Å²) in [5.74, 6) is 0.842. The van der Waals surface area contributed by atoms with Crippen LogP contribution >= 0.6 is 23.1 Å². The first kappa shape index (κ1) is 11.9. The number of aliphatic carboxylic acids is 1. The molecule has 1 aromatic rings. The van der Waals surface area contributed by atoms with E-state index >= 15 is 0 Å². The minimum atomic E-state index is -0.721. The van der Waals surface area contributed by atoms with Crippen LogP contribution in [0.5, 0.6) is 0 Å². The number of carboxylic acids is 1. The molecule has 1 saturated carbocycles. The maximum Gasteiger partial charge on any atom is 0.303 e. The van der Waals surface area contributed by atoms with Gasteiger partial charge in [-0.3, -0.25) is 4.79 Å². The van der Waals surface area contributed by atoms with E-state index < -0.39 is 5.97 Å². The van der Waals surface area contributed by atoms with Crippen molar-refractivity contribution in [3.8, 4) is 0 Å². The van der Waals surface area contributed by atoms with Crippen LogP contribution < -0.4 is 0 Å². The number of rotatable bonds is 6. The summed E-state index contributed by atoms with van der Waals surface area (Å²) in [6.45, 7) is 0. The summed E-state index contributed by atoms with van der Waals surface area (Å²) in [7, 11) is 0. The fourth-order valence-electron chi connectivity index (χ4n) is 1.67. The molecule has 0 spiro atoms. The molecule has 1 aromatic heterocycles.